The van der Waals surface area contributed by atoms with Crippen molar-refractivity contribution in [2.45, 2.75) is 39.0 Å². The van der Waals surface area contributed by atoms with E-state index in [0.29, 0.717) is 0 Å². The summed E-state index contributed by atoms with van der Waals surface area (Å²) in [6.07, 6.45) is 5.14. The van der Waals surface area contributed by atoms with Crippen LogP contribution in [0.1, 0.15) is 38.2 Å². The van der Waals surface area contributed by atoms with Crippen molar-refractivity contribution in [3.8, 4) is 0 Å². The van der Waals surface area contributed by atoms with E-state index in [1.54, 1.807) is 0 Å². The molecule has 0 saturated carbocycles. The van der Waals surface area contributed by atoms with E-state index < -0.39 is 6.15 Å². The molecule has 0 saturated heterocycles. The minimum atomic E-state index is -1.25. The van der Waals surface area contributed by atoms with E-state index in [0.717, 1.165) is 0 Å². The van der Waals surface area contributed by atoms with Crippen LogP contribution in [-0.4, -0.2) is 6.15 Å². The summed E-state index contributed by atoms with van der Waals surface area (Å²) in [4.78, 5) is 0. The molecule has 4 aromatic carbocycles. The van der Waals surface area contributed by atoms with Crippen LogP contribution in [0.15, 0.2) is 115 Å². The van der Waals surface area contributed by atoms with Gasteiger partial charge in [0, 0.05) is 0 Å². The predicted octanol–water partition coefficient (Wildman–Crippen LogP) is 5.19. The molecule has 0 amide bonds. The van der Waals surface area contributed by atoms with Gasteiger partial charge in [-0.15, -0.1) is 0 Å². The first-order chi connectivity index (χ1) is 15.4. The van der Waals surface area contributed by atoms with Gasteiger partial charge in [0.25, 0.3) is 0 Å². The van der Waals surface area contributed by atoms with Crippen molar-refractivity contribution in [2.75, 3.05) is 0 Å². The molecule has 0 bridgehead atoms. The highest BCUT2D eigenvalue weighted by atomic mass is 14.1. The Morgan fingerprint density at radius 2 is 0.871 bits per heavy atom. The smallest absolute Gasteiger partial charge is 0.108 e. The van der Waals surface area contributed by atoms with Crippen LogP contribution in [0.4, 0.5) is 0 Å². The average Bonchev–Trinajstić information content (AvgIpc) is 2.85. The summed E-state index contributed by atoms with van der Waals surface area (Å²) in [6.45, 7) is 2.27. The molecule has 0 atom stereocenters. The number of hydrogen-bond donors (Lipinski definition) is 0. The largest absolute Gasteiger partial charge is 0.195 e. The summed E-state index contributed by atoms with van der Waals surface area (Å²) < 4.78 is 0. The van der Waals surface area contributed by atoms with Crippen LogP contribution < -0.4 is 21.9 Å². The van der Waals surface area contributed by atoms with Gasteiger partial charge in [-0.25, -0.2) is 0 Å². The SMILES string of the molecule is CCCCCCc1ccc([B-](c2ccccc2)(c2ccccc2)c2ccccc2)cc1. The maximum Gasteiger partial charge on any atom is 0.108 e. The molecule has 0 fully saturated rings. The molecule has 31 heavy (non-hydrogen) atoms. The number of benzene rings is 4. The van der Waals surface area contributed by atoms with E-state index >= 15 is 0 Å². The summed E-state index contributed by atoms with van der Waals surface area (Å²) >= 11 is 0. The lowest BCUT2D eigenvalue weighted by Crippen LogP contribution is -2.74. The fraction of sp³-hybridized carbons (Fsp3) is 0.200. The minimum Gasteiger partial charge on any atom is -0.195 e. The van der Waals surface area contributed by atoms with Gasteiger partial charge >= 0.3 is 0 Å². The van der Waals surface area contributed by atoms with Gasteiger partial charge in [-0.1, -0.05) is 141 Å². The zero-order valence-electron chi connectivity index (χ0n) is 18.6. The third-order valence-corrected chi connectivity index (χ3v) is 6.70. The van der Waals surface area contributed by atoms with Gasteiger partial charge in [-0.3, -0.25) is 0 Å². The fourth-order valence-electron chi connectivity index (χ4n) is 5.11. The topological polar surface area (TPSA) is 0 Å². The predicted molar refractivity (Wildman–Crippen MR) is 138 cm³/mol. The summed E-state index contributed by atoms with van der Waals surface area (Å²) in [5.41, 5.74) is 6.89. The third kappa shape index (κ3) is 4.51. The van der Waals surface area contributed by atoms with Gasteiger partial charge < -0.3 is 0 Å². The Balaban J connectivity index is 1.85. The average molecular weight is 403 g/mol. The van der Waals surface area contributed by atoms with Crippen molar-refractivity contribution < 1.29 is 0 Å². The maximum absolute atomic E-state index is 2.38. The van der Waals surface area contributed by atoms with Gasteiger partial charge in [0.15, 0.2) is 0 Å². The molecule has 1 heteroatoms. The standard InChI is InChI=1S/C30H32B/c1-2-3-4-8-15-26-22-24-30(25-23-26)31(27-16-9-5-10-17-27,28-18-11-6-12-19-28)29-20-13-7-14-21-29/h5-7,9-14,16-25H,2-4,8,15H2,1H3/q-1. The van der Waals surface area contributed by atoms with E-state index in [4.69, 9.17) is 0 Å². The van der Waals surface area contributed by atoms with Gasteiger partial charge in [0.2, 0.25) is 0 Å². The number of unbranched alkanes of at least 4 members (excludes halogenated alkanes) is 3. The molecular formula is C30H32B-. The monoisotopic (exact) mass is 403 g/mol. The maximum atomic E-state index is 2.38. The molecule has 0 aliphatic carbocycles. The molecule has 0 aliphatic rings. The van der Waals surface area contributed by atoms with E-state index in [1.807, 2.05) is 0 Å². The van der Waals surface area contributed by atoms with E-state index in [2.05, 4.69) is 122 Å². The first-order valence-electron chi connectivity index (χ1n) is 11.8. The fourth-order valence-corrected chi connectivity index (χ4v) is 5.11. The van der Waals surface area contributed by atoms with Crippen LogP contribution in [0.2, 0.25) is 0 Å². The van der Waals surface area contributed by atoms with Crippen LogP contribution in [0, 0.1) is 0 Å². The zero-order chi connectivity index (χ0) is 21.4. The van der Waals surface area contributed by atoms with Crippen LogP contribution >= 0.6 is 0 Å². The van der Waals surface area contributed by atoms with Gasteiger partial charge in [-0.2, -0.15) is 21.9 Å². The lowest BCUT2D eigenvalue weighted by atomic mass is 9.13. The molecule has 0 unspecified atom stereocenters. The summed E-state index contributed by atoms with van der Waals surface area (Å²) in [7, 11) is 0. The molecule has 0 aliphatic heterocycles. The van der Waals surface area contributed by atoms with Crippen molar-refractivity contribution >= 4 is 28.0 Å². The van der Waals surface area contributed by atoms with E-state index in [1.165, 1.54) is 59.5 Å². The molecular weight excluding hydrogens is 371 g/mol. The van der Waals surface area contributed by atoms with Crippen LogP contribution in [0.3, 0.4) is 0 Å². The molecule has 156 valence electrons. The molecule has 4 aromatic rings. The Morgan fingerprint density at radius 3 is 1.29 bits per heavy atom. The summed E-state index contributed by atoms with van der Waals surface area (Å²) in [5.74, 6) is 0. The molecule has 0 aromatic heterocycles. The van der Waals surface area contributed by atoms with Gasteiger partial charge in [-0.05, 0) is 18.4 Å². The van der Waals surface area contributed by atoms with Crippen molar-refractivity contribution in [3.63, 3.8) is 0 Å². The Labute approximate surface area is 187 Å². The zero-order valence-corrected chi connectivity index (χ0v) is 18.6. The van der Waals surface area contributed by atoms with Crippen LogP contribution in [0.5, 0.6) is 0 Å². The number of aryl methyl sites for hydroxylation is 1. The second kappa shape index (κ2) is 10.3. The second-order valence-electron chi connectivity index (χ2n) is 8.65. The summed E-state index contributed by atoms with van der Waals surface area (Å²) in [6, 6.07) is 42.5. The van der Waals surface area contributed by atoms with Crippen molar-refractivity contribution in [1.29, 1.82) is 0 Å². The van der Waals surface area contributed by atoms with Crippen LogP contribution in [0.25, 0.3) is 0 Å². The number of hydrogen-bond acceptors (Lipinski definition) is 0. The first kappa shape index (κ1) is 21.2. The highest BCUT2D eigenvalue weighted by Gasteiger charge is 2.31. The Bertz CT molecular complexity index is 941. The van der Waals surface area contributed by atoms with Crippen LogP contribution in [-0.2, 0) is 6.42 Å². The molecule has 0 heterocycles. The van der Waals surface area contributed by atoms with E-state index in [-0.39, 0.29) is 0 Å². The molecule has 0 radical (unpaired) electrons. The van der Waals surface area contributed by atoms with E-state index in [9.17, 15) is 0 Å². The molecule has 4 rings (SSSR count). The third-order valence-electron chi connectivity index (χ3n) is 6.70. The molecule has 0 spiro atoms. The lowest BCUT2D eigenvalue weighted by Gasteiger charge is -2.44. The Hall–Kier alpha value is -3.06. The van der Waals surface area contributed by atoms with Gasteiger partial charge in [0.1, 0.15) is 6.15 Å². The second-order valence-corrected chi connectivity index (χ2v) is 8.65. The minimum absolute atomic E-state index is 1.17. The van der Waals surface area contributed by atoms with Crippen molar-refractivity contribution in [2.24, 2.45) is 0 Å². The molecule has 0 N–H and O–H groups in total. The lowest BCUT2D eigenvalue weighted by molar-refractivity contribution is 0.667. The quantitative estimate of drug-likeness (QED) is 0.267. The van der Waals surface area contributed by atoms with Crippen molar-refractivity contribution in [3.05, 3.63) is 121 Å². The highest BCUT2D eigenvalue weighted by molar-refractivity contribution is 7.19. The Morgan fingerprint density at radius 1 is 0.452 bits per heavy atom. The van der Waals surface area contributed by atoms with Crippen molar-refractivity contribution in [1.82, 2.24) is 0 Å². The first-order valence-corrected chi connectivity index (χ1v) is 11.8. The highest BCUT2D eigenvalue weighted by Crippen LogP contribution is 2.12. The number of rotatable bonds is 9. The van der Waals surface area contributed by atoms with Gasteiger partial charge in [0.05, 0.1) is 0 Å². The molecule has 0 nitrogen and oxygen atoms in total. The summed E-state index contributed by atoms with van der Waals surface area (Å²) in [5, 5.41) is 0. The Kier molecular flexibility index (Phi) is 7.05. The normalized spacial score (nSPS) is 11.4.